The number of halogens is 3. The molecular weight excluding hydrogens is 339 g/mol. The van der Waals surface area contributed by atoms with Gasteiger partial charge in [0.1, 0.15) is 0 Å². The second-order valence-electron chi connectivity index (χ2n) is 1.09. The molecule has 61 valence electrons. The molecule has 0 saturated carbocycles. The molecule has 0 bridgehead atoms. The summed E-state index contributed by atoms with van der Waals surface area (Å²) in [5, 5.41) is 0. The summed E-state index contributed by atoms with van der Waals surface area (Å²) in [6.07, 6.45) is 9.50. The molecule has 0 atom stereocenters. The molecule has 0 aromatic rings. The molecule has 1 rings (SSSR count). The molecule has 0 nitrogen and oxygen atoms in total. The Morgan fingerprint density at radius 2 is 1.11 bits per heavy atom. The summed E-state index contributed by atoms with van der Waals surface area (Å²) in [6.45, 7) is 0. The van der Waals surface area contributed by atoms with E-state index >= 15 is 0 Å². The monoisotopic (exact) mass is 345 g/mol. The van der Waals surface area contributed by atoms with Crippen LogP contribution in [0.15, 0.2) is 24.3 Å². The molecule has 0 aliphatic heterocycles. The van der Waals surface area contributed by atoms with Crippen molar-refractivity contribution in [3.8, 4) is 0 Å². The van der Waals surface area contributed by atoms with E-state index in [1.807, 2.05) is 0 Å². The Morgan fingerprint density at radius 3 is 1.22 bits per heavy atom. The van der Waals surface area contributed by atoms with Crippen LogP contribution >= 0.6 is 0 Å². The van der Waals surface area contributed by atoms with Gasteiger partial charge in [-0.1, -0.05) is 24.3 Å². The Hall–Kier alpha value is 1.87. The molecule has 0 fully saturated rings. The Bertz CT molecular complexity index is 70.3. The van der Waals surface area contributed by atoms with E-state index in [0.29, 0.717) is 0 Å². The minimum atomic E-state index is 0. The first kappa shape index (κ1) is 22.4. The standard InChI is InChI=1S/C5H6.3ClH.Yb/c1-2-4-5-3-1;;;;/h1-4H,5H2;3*1H;/q;;;;+3/p-3. The van der Waals surface area contributed by atoms with Gasteiger partial charge in [0.25, 0.3) is 0 Å². The molecule has 9 heavy (non-hydrogen) atoms. The van der Waals surface area contributed by atoms with Crippen molar-refractivity contribution in [2.24, 2.45) is 0 Å². The molecule has 1 aliphatic rings. The fourth-order valence-corrected chi connectivity index (χ4v) is 0.393. The quantitative estimate of drug-likeness (QED) is 0.409. The van der Waals surface area contributed by atoms with Crippen LogP contribution in [-0.4, -0.2) is 0 Å². The fourth-order valence-electron chi connectivity index (χ4n) is 0.393. The zero-order valence-corrected chi connectivity index (χ0v) is 8.40. The predicted octanol–water partition coefficient (Wildman–Crippen LogP) is -7.49. The summed E-state index contributed by atoms with van der Waals surface area (Å²) in [4.78, 5) is 0. The molecule has 0 N–H and O–H groups in total. The first-order chi connectivity index (χ1) is 2.50. The van der Waals surface area contributed by atoms with Gasteiger partial charge in [-0.3, -0.25) is 0 Å². The smallest absolute Gasteiger partial charge is 1.00 e. The maximum atomic E-state index is 2.12. The van der Waals surface area contributed by atoms with Crippen LogP contribution < -0.4 is 37.2 Å². The fraction of sp³-hybridized carbons (Fsp3) is 0.200. The summed E-state index contributed by atoms with van der Waals surface area (Å²) < 4.78 is 0. The summed E-state index contributed by atoms with van der Waals surface area (Å²) in [7, 11) is 0. The van der Waals surface area contributed by atoms with Crippen molar-refractivity contribution in [3.63, 3.8) is 0 Å². The van der Waals surface area contributed by atoms with E-state index in [1.54, 1.807) is 0 Å². The van der Waals surface area contributed by atoms with Crippen molar-refractivity contribution in [3.05, 3.63) is 24.3 Å². The van der Waals surface area contributed by atoms with E-state index in [0.717, 1.165) is 6.42 Å². The topological polar surface area (TPSA) is 0 Å². The van der Waals surface area contributed by atoms with Crippen LogP contribution in [0.5, 0.6) is 0 Å². The Morgan fingerprint density at radius 1 is 0.778 bits per heavy atom. The van der Waals surface area contributed by atoms with Crippen LogP contribution in [-0.2, 0) is 0 Å². The maximum absolute atomic E-state index is 2.12. The van der Waals surface area contributed by atoms with E-state index in [9.17, 15) is 0 Å². The van der Waals surface area contributed by atoms with Crippen molar-refractivity contribution in [2.45, 2.75) is 6.42 Å². The first-order valence-corrected chi connectivity index (χ1v) is 1.82. The molecule has 0 heterocycles. The summed E-state index contributed by atoms with van der Waals surface area (Å²) in [5.74, 6) is 0. The minimum absolute atomic E-state index is 0. The molecule has 0 aromatic carbocycles. The largest absolute Gasteiger partial charge is 3.00 e. The van der Waals surface area contributed by atoms with Gasteiger partial charge in [-0.2, -0.15) is 0 Å². The predicted molar refractivity (Wildman–Crippen MR) is 22.9 cm³/mol. The third-order valence-corrected chi connectivity index (χ3v) is 0.655. The number of allylic oxidation sites excluding steroid dienone is 4. The molecule has 0 unspecified atom stereocenters. The molecule has 0 aromatic heterocycles. The van der Waals surface area contributed by atoms with E-state index in [-0.39, 0.29) is 84.1 Å². The third kappa shape index (κ3) is 13.0. The molecule has 0 saturated heterocycles. The van der Waals surface area contributed by atoms with Gasteiger partial charge in [-0.05, 0) is 6.42 Å². The van der Waals surface area contributed by atoms with Crippen LogP contribution in [0.25, 0.3) is 0 Å². The molecule has 1 aliphatic carbocycles. The maximum Gasteiger partial charge on any atom is 3.00 e. The van der Waals surface area contributed by atoms with Gasteiger partial charge in [-0.25, -0.2) is 0 Å². The Labute approximate surface area is 113 Å². The van der Waals surface area contributed by atoms with E-state index in [2.05, 4.69) is 24.3 Å². The Kier molecular flexibility index (Phi) is 41.0. The zero-order valence-electron chi connectivity index (χ0n) is 4.42. The normalized spacial score (nSPS) is 9.78. The number of hydrogen-bond acceptors (Lipinski definition) is 0. The van der Waals surface area contributed by atoms with Crippen LogP contribution in [0.3, 0.4) is 0 Å². The number of rotatable bonds is 0. The third-order valence-electron chi connectivity index (χ3n) is 0.655. The van der Waals surface area contributed by atoms with Crippen molar-refractivity contribution in [1.82, 2.24) is 0 Å². The summed E-state index contributed by atoms with van der Waals surface area (Å²) in [5.41, 5.74) is 0. The van der Waals surface area contributed by atoms with Gasteiger partial charge in [0.05, 0.1) is 0 Å². The van der Waals surface area contributed by atoms with Gasteiger partial charge in [0.15, 0.2) is 0 Å². The van der Waals surface area contributed by atoms with Gasteiger partial charge in [0.2, 0.25) is 0 Å². The second-order valence-corrected chi connectivity index (χ2v) is 1.09. The van der Waals surface area contributed by atoms with E-state index < -0.39 is 0 Å². The number of hydrogen-bond donors (Lipinski definition) is 0. The van der Waals surface area contributed by atoms with E-state index in [4.69, 9.17) is 0 Å². The van der Waals surface area contributed by atoms with Crippen LogP contribution in [0.2, 0.25) is 0 Å². The minimum Gasteiger partial charge on any atom is -1.00 e. The second kappa shape index (κ2) is 16.5. The molecular formula is C5H6Cl3Yb. The van der Waals surface area contributed by atoms with Gasteiger partial charge < -0.3 is 37.2 Å². The SMILES string of the molecule is C1=CCC=C1.[Cl-].[Cl-].[Cl-].[Yb+3]. The average molecular weight is 346 g/mol. The summed E-state index contributed by atoms with van der Waals surface area (Å²) in [6, 6.07) is 0. The van der Waals surface area contributed by atoms with Crippen molar-refractivity contribution >= 4 is 0 Å². The van der Waals surface area contributed by atoms with Crippen molar-refractivity contribution in [2.75, 3.05) is 0 Å². The van der Waals surface area contributed by atoms with Gasteiger partial charge in [-0.15, -0.1) is 0 Å². The average Bonchev–Trinajstić information content (AvgIpc) is 1.76. The van der Waals surface area contributed by atoms with Crippen molar-refractivity contribution < 1.29 is 84.1 Å². The van der Waals surface area contributed by atoms with Gasteiger partial charge >= 0.3 is 46.9 Å². The molecule has 4 heteroatoms. The first-order valence-electron chi connectivity index (χ1n) is 1.82. The van der Waals surface area contributed by atoms with Crippen LogP contribution in [0.1, 0.15) is 6.42 Å². The van der Waals surface area contributed by atoms with Gasteiger partial charge in [0, 0.05) is 0 Å². The summed E-state index contributed by atoms with van der Waals surface area (Å²) >= 11 is 0. The van der Waals surface area contributed by atoms with E-state index in [1.165, 1.54) is 0 Å². The Balaban J connectivity index is -0.0000000312. The molecule has 0 amide bonds. The zero-order chi connectivity index (χ0) is 3.54. The molecule has 1 radical (unpaired) electrons. The van der Waals surface area contributed by atoms with Crippen molar-refractivity contribution in [1.29, 1.82) is 0 Å². The molecule has 0 spiro atoms. The van der Waals surface area contributed by atoms with Crippen LogP contribution in [0, 0.1) is 46.9 Å². The van der Waals surface area contributed by atoms with Crippen LogP contribution in [0.4, 0.5) is 0 Å².